The van der Waals surface area contributed by atoms with Crippen LogP contribution in [-0.4, -0.2) is 5.91 Å². The molecule has 0 aliphatic carbocycles. The van der Waals surface area contributed by atoms with Gasteiger partial charge in [-0.25, -0.2) is 13.2 Å². The van der Waals surface area contributed by atoms with Crippen LogP contribution in [-0.2, 0) is 0 Å². The molecule has 0 radical (unpaired) electrons. The van der Waals surface area contributed by atoms with Crippen LogP contribution < -0.4 is 5.32 Å². The van der Waals surface area contributed by atoms with Crippen molar-refractivity contribution in [3.8, 4) is 0 Å². The van der Waals surface area contributed by atoms with Gasteiger partial charge in [0.25, 0.3) is 5.91 Å². The van der Waals surface area contributed by atoms with Gasteiger partial charge in [0.15, 0.2) is 11.6 Å². The third-order valence-electron chi connectivity index (χ3n) is 2.68. The second-order valence-corrected chi connectivity index (χ2v) is 5.22. The summed E-state index contributed by atoms with van der Waals surface area (Å²) in [5.74, 6) is -4.22. The number of benzene rings is 2. The highest BCUT2D eigenvalue weighted by atomic mass is 127. The number of rotatable bonds is 2. The molecule has 0 aliphatic rings. The molecule has 0 spiro atoms. The SMILES string of the molecule is Cc1cccc(C(=O)Nc2cc(F)cc(F)c2F)c1I. The van der Waals surface area contributed by atoms with Crippen LogP contribution in [0.3, 0.4) is 0 Å². The number of carbonyl (C=O) groups excluding carboxylic acids is 1. The predicted octanol–water partition coefficient (Wildman–Crippen LogP) is 4.27. The highest BCUT2D eigenvalue weighted by molar-refractivity contribution is 14.1. The van der Waals surface area contributed by atoms with Crippen LogP contribution in [0.2, 0.25) is 0 Å². The van der Waals surface area contributed by atoms with E-state index >= 15 is 0 Å². The van der Waals surface area contributed by atoms with Crippen LogP contribution in [0.15, 0.2) is 30.3 Å². The quantitative estimate of drug-likeness (QED) is 0.602. The molecule has 0 heterocycles. The second kappa shape index (κ2) is 5.82. The number of aryl methyl sites for hydroxylation is 1. The normalized spacial score (nSPS) is 10.4. The van der Waals surface area contributed by atoms with Crippen molar-refractivity contribution in [3.05, 3.63) is 62.5 Å². The molecule has 1 amide bonds. The first-order chi connectivity index (χ1) is 9.40. The molecular weight excluding hydrogens is 382 g/mol. The summed E-state index contributed by atoms with van der Waals surface area (Å²) in [6.07, 6.45) is 0. The molecule has 0 aliphatic heterocycles. The standard InChI is InChI=1S/C14H9F3INO/c1-7-3-2-4-9(13(7)18)14(20)19-11-6-8(15)5-10(16)12(11)17/h2-6H,1H3,(H,19,20). The van der Waals surface area contributed by atoms with Gasteiger partial charge in [0.05, 0.1) is 11.3 Å². The van der Waals surface area contributed by atoms with Crippen LogP contribution in [0, 0.1) is 27.9 Å². The first-order valence-corrected chi connectivity index (χ1v) is 6.69. The van der Waals surface area contributed by atoms with Crippen molar-refractivity contribution in [1.29, 1.82) is 0 Å². The maximum absolute atomic E-state index is 13.5. The van der Waals surface area contributed by atoms with E-state index in [0.29, 0.717) is 15.2 Å². The summed E-state index contributed by atoms with van der Waals surface area (Å²) in [5, 5.41) is 2.18. The molecule has 1 N–H and O–H groups in total. The number of amides is 1. The fraction of sp³-hybridized carbons (Fsp3) is 0.0714. The van der Waals surface area contributed by atoms with E-state index in [1.807, 2.05) is 35.6 Å². The molecule has 0 unspecified atom stereocenters. The molecule has 0 saturated carbocycles. The summed E-state index contributed by atoms with van der Waals surface area (Å²) in [4.78, 5) is 12.0. The van der Waals surface area contributed by atoms with E-state index in [-0.39, 0.29) is 0 Å². The maximum atomic E-state index is 13.5. The summed E-state index contributed by atoms with van der Waals surface area (Å²) in [6, 6.07) is 6.20. The lowest BCUT2D eigenvalue weighted by Crippen LogP contribution is -2.15. The molecule has 2 rings (SSSR count). The van der Waals surface area contributed by atoms with Crippen LogP contribution in [0.1, 0.15) is 15.9 Å². The van der Waals surface area contributed by atoms with Crippen molar-refractivity contribution >= 4 is 34.2 Å². The van der Waals surface area contributed by atoms with Gasteiger partial charge in [0.2, 0.25) is 0 Å². The topological polar surface area (TPSA) is 29.1 Å². The molecule has 0 atom stereocenters. The Morgan fingerprint density at radius 3 is 2.60 bits per heavy atom. The molecule has 104 valence electrons. The van der Waals surface area contributed by atoms with Crippen LogP contribution >= 0.6 is 22.6 Å². The molecule has 2 aromatic rings. The first kappa shape index (κ1) is 14.8. The van der Waals surface area contributed by atoms with Crippen molar-refractivity contribution in [2.75, 3.05) is 5.32 Å². The lowest BCUT2D eigenvalue weighted by Gasteiger charge is -2.09. The Morgan fingerprint density at radius 2 is 1.90 bits per heavy atom. The number of nitrogens with one attached hydrogen (secondary N) is 1. The Morgan fingerprint density at radius 1 is 1.20 bits per heavy atom. The summed E-state index contributed by atoms with van der Waals surface area (Å²) >= 11 is 1.98. The van der Waals surface area contributed by atoms with Gasteiger partial charge in [-0.1, -0.05) is 12.1 Å². The number of halogens is 4. The molecule has 2 aromatic carbocycles. The molecule has 6 heteroatoms. The Hall–Kier alpha value is -1.57. The third-order valence-corrected chi connectivity index (χ3v) is 4.11. The van der Waals surface area contributed by atoms with E-state index in [1.165, 1.54) is 0 Å². The highest BCUT2D eigenvalue weighted by Crippen LogP contribution is 2.22. The number of anilines is 1. The zero-order chi connectivity index (χ0) is 14.9. The van der Waals surface area contributed by atoms with Gasteiger partial charge in [-0.3, -0.25) is 4.79 Å². The van der Waals surface area contributed by atoms with Gasteiger partial charge in [0.1, 0.15) is 5.82 Å². The van der Waals surface area contributed by atoms with Crippen molar-refractivity contribution in [2.45, 2.75) is 6.92 Å². The fourth-order valence-electron chi connectivity index (χ4n) is 1.66. The average molecular weight is 391 g/mol. The van der Waals surface area contributed by atoms with Crippen molar-refractivity contribution < 1.29 is 18.0 Å². The maximum Gasteiger partial charge on any atom is 0.256 e. The Kier molecular flexibility index (Phi) is 4.32. The first-order valence-electron chi connectivity index (χ1n) is 5.61. The predicted molar refractivity (Wildman–Crippen MR) is 78.2 cm³/mol. The fourth-order valence-corrected chi connectivity index (χ4v) is 2.26. The Bertz CT molecular complexity index is 688. The zero-order valence-electron chi connectivity index (χ0n) is 10.3. The molecule has 0 bridgehead atoms. The van der Waals surface area contributed by atoms with Crippen LogP contribution in [0.4, 0.5) is 18.9 Å². The average Bonchev–Trinajstić information content (AvgIpc) is 2.38. The van der Waals surface area contributed by atoms with Gasteiger partial charge < -0.3 is 5.32 Å². The Labute approximate surface area is 127 Å². The second-order valence-electron chi connectivity index (χ2n) is 4.14. The smallest absolute Gasteiger partial charge is 0.256 e. The monoisotopic (exact) mass is 391 g/mol. The summed E-state index contributed by atoms with van der Waals surface area (Å²) in [7, 11) is 0. The molecular formula is C14H9F3INO. The molecule has 0 fully saturated rings. The molecule has 20 heavy (non-hydrogen) atoms. The van der Waals surface area contributed by atoms with Crippen LogP contribution in [0.25, 0.3) is 0 Å². The van der Waals surface area contributed by atoms with Gasteiger partial charge in [-0.15, -0.1) is 0 Å². The highest BCUT2D eigenvalue weighted by Gasteiger charge is 2.16. The van der Waals surface area contributed by atoms with Gasteiger partial charge in [0, 0.05) is 15.7 Å². The van der Waals surface area contributed by atoms with Crippen LogP contribution in [0.5, 0.6) is 0 Å². The Balaban J connectivity index is 2.35. The van der Waals surface area contributed by atoms with E-state index in [4.69, 9.17) is 0 Å². The largest absolute Gasteiger partial charge is 0.319 e. The summed E-state index contributed by atoms with van der Waals surface area (Å²) < 4.78 is 40.3. The minimum atomic E-state index is -1.35. The molecule has 0 saturated heterocycles. The minimum Gasteiger partial charge on any atom is -0.319 e. The number of hydrogen-bond donors (Lipinski definition) is 1. The van der Waals surface area contributed by atoms with E-state index in [9.17, 15) is 18.0 Å². The molecule has 0 aromatic heterocycles. The van der Waals surface area contributed by atoms with E-state index in [1.54, 1.807) is 12.1 Å². The van der Waals surface area contributed by atoms with Gasteiger partial charge in [-0.05, 0) is 41.1 Å². The lowest BCUT2D eigenvalue weighted by atomic mass is 10.1. The van der Waals surface area contributed by atoms with E-state index in [2.05, 4.69) is 5.32 Å². The summed E-state index contributed by atoms with van der Waals surface area (Å²) in [5.41, 5.74) is 0.670. The third kappa shape index (κ3) is 2.95. The number of carbonyl (C=O) groups is 1. The van der Waals surface area contributed by atoms with Gasteiger partial charge >= 0.3 is 0 Å². The van der Waals surface area contributed by atoms with E-state index in [0.717, 1.165) is 11.6 Å². The minimum absolute atomic E-state index is 0.315. The van der Waals surface area contributed by atoms with E-state index < -0.39 is 29.0 Å². The van der Waals surface area contributed by atoms with Crippen molar-refractivity contribution in [3.63, 3.8) is 0 Å². The molecule has 2 nitrogen and oxygen atoms in total. The van der Waals surface area contributed by atoms with Crippen molar-refractivity contribution in [1.82, 2.24) is 0 Å². The van der Waals surface area contributed by atoms with Gasteiger partial charge in [-0.2, -0.15) is 0 Å². The summed E-state index contributed by atoms with van der Waals surface area (Å²) in [6.45, 7) is 1.82. The number of hydrogen-bond acceptors (Lipinski definition) is 1. The lowest BCUT2D eigenvalue weighted by molar-refractivity contribution is 0.102. The van der Waals surface area contributed by atoms with Crippen molar-refractivity contribution in [2.24, 2.45) is 0 Å². The zero-order valence-corrected chi connectivity index (χ0v) is 12.5.